The minimum atomic E-state index is -0.452. The normalized spacial score (nSPS) is 11.6. The maximum atomic E-state index is 14.6. The van der Waals surface area contributed by atoms with Gasteiger partial charge in [-0.25, -0.2) is 4.39 Å². The minimum Gasteiger partial charge on any atom is -0.331 e. The summed E-state index contributed by atoms with van der Waals surface area (Å²) in [5, 5.41) is 4.12. The van der Waals surface area contributed by atoms with Gasteiger partial charge in [0.15, 0.2) is 0 Å². The minimum absolute atomic E-state index is 0.114. The van der Waals surface area contributed by atoms with Crippen molar-refractivity contribution < 1.29 is 4.39 Å². The predicted octanol–water partition coefficient (Wildman–Crippen LogP) is 4.18. The Hall–Kier alpha value is -2.25. The lowest BCUT2D eigenvalue weighted by Crippen LogP contribution is -2.16. The zero-order chi connectivity index (χ0) is 16.8. The van der Waals surface area contributed by atoms with E-state index in [0.717, 1.165) is 23.5 Å². The number of benzene rings is 1. The van der Waals surface area contributed by atoms with Crippen LogP contribution in [0, 0.1) is 5.82 Å². The van der Waals surface area contributed by atoms with Gasteiger partial charge in [-0.1, -0.05) is 6.92 Å². The molecule has 4 aromatic rings. The number of nitrogens with zero attached hydrogens (tertiary/aromatic N) is 1. The molecule has 0 atom stereocenters. The highest BCUT2D eigenvalue weighted by Gasteiger charge is 2.18. The van der Waals surface area contributed by atoms with E-state index in [1.54, 1.807) is 6.07 Å². The molecule has 4 nitrogen and oxygen atoms in total. The fraction of sp³-hybridized carbons (Fsp3) is 0.176. The van der Waals surface area contributed by atoms with Crippen LogP contribution in [0.5, 0.6) is 0 Å². The molecule has 0 aliphatic rings. The third-order valence-corrected chi connectivity index (χ3v) is 5.64. The van der Waals surface area contributed by atoms with Gasteiger partial charge in [-0.15, -0.1) is 0 Å². The number of hydrogen-bond donors (Lipinski definition) is 1. The summed E-state index contributed by atoms with van der Waals surface area (Å²) in [5.74, 6) is -0.452. The van der Waals surface area contributed by atoms with Gasteiger partial charge in [0, 0.05) is 17.5 Å². The van der Waals surface area contributed by atoms with Crippen molar-refractivity contribution in [3.8, 4) is 11.1 Å². The van der Waals surface area contributed by atoms with Gasteiger partial charge >= 0.3 is 0 Å². The number of nitrogens with one attached hydrogen (secondary N) is 1. The van der Waals surface area contributed by atoms with Crippen LogP contribution in [0.25, 0.3) is 32.2 Å². The third kappa shape index (κ3) is 2.16. The van der Waals surface area contributed by atoms with Crippen molar-refractivity contribution in [2.45, 2.75) is 19.9 Å². The summed E-state index contributed by atoms with van der Waals surface area (Å²) in [6.45, 7) is 2.67. The molecule has 1 N–H and O–H groups in total. The average molecular weight is 360 g/mol. The highest BCUT2D eigenvalue weighted by molar-refractivity contribution is 7.12. The number of rotatable bonds is 3. The third-order valence-electron chi connectivity index (χ3n) is 4.05. The maximum Gasteiger partial charge on any atom is 0.271 e. The van der Waals surface area contributed by atoms with Crippen LogP contribution >= 0.6 is 22.9 Å². The van der Waals surface area contributed by atoms with E-state index < -0.39 is 16.8 Å². The molecule has 0 saturated heterocycles. The molecular weight excluding hydrogens is 347 g/mol. The molecule has 122 valence electrons. The number of halogens is 1. The first-order chi connectivity index (χ1) is 11.6. The van der Waals surface area contributed by atoms with Gasteiger partial charge in [0.1, 0.15) is 16.0 Å². The Morgan fingerprint density at radius 1 is 1.29 bits per heavy atom. The van der Waals surface area contributed by atoms with Crippen molar-refractivity contribution in [2.75, 3.05) is 0 Å². The number of pyridine rings is 1. The van der Waals surface area contributed by atoms with E-state index in [0.29, 0.717) is 22.5 Å². The maximum absolute atomic E-state index is 14.6. The van der Waals surface area contributed by atoms with Crippen molar-refractivity contribution in [1.29, 1.82) is 0 Å². The largest absolute Gasteiger partial charge is 0.331 e. The van der Waals surface area contributed by atoms with Crippen LogP contribution in [0.3, 0.4) is 0 Å². The fourth-order valence-electron chi connectivity index (χ4n) is 2.98. The number of thiophene rings is 1. The van der Waals surface area contributed by atoms with E-state index in [4.69, 9.17) is 0 Å². The van der Waals surface area contributed by atoms with E-state index in [1.165, 1.54) is 17.4 Å². The van der Waals surface area contributed by atoms with E-state index in [2.05, 4.69) is 4.37 Å². The summed E-state index contributed by atoms with van der Waals surface area (Å²) in [6, 6.07) is 4.82. The van der Waals surface area contributed by atoms with Crippen LogP contribution in [0.2, 0.25) is 0 Å². The number of fused-ring (bicyclic) bond motifs is 2. The first-order valence-electron chi connectivity index (χ1n) is 7.51. The van der Waals surface area contributed by atoms with E-state index in [9.17, 15) is 14.0 Å². The number of aryl methyl sites for hydroxylation is 1. The Morgan fingerprint density at radius 2 is 2.12 bits per heavy atom. The Labute approximate surface area is 144 Å². The average Bonchev–Trinajstić information content (AvgIpc) is 3.21. The summed E-state index contributed by atoms with van der Waals surface area (Å²) in [7, 11) is 0. The topological polar surface area (TPSA) is 54.9 Å². The Bertz CT molecular complexity index is 1170. The standard InChI is InChI=1S/C17H13FN2O2S2/c1-2-4-20-13-7-10(9-3-5-23-8-9)12(18)6-11(13)15(21)14-16(22)19-24-17(14)20/h3,5-8H,2,4H2,1H3,(H,19,22). The number of hydrogen-bond acceptors (Lipinski definition) is 4. The lowest BCUT2D eigenvalue weighted by molar-refractivity contribution is 0.632. The molecule has 0 spiro atoms. The van der Waals surface area contributed by atoms with Crippen LogP contribution < -0.4 is 11.0 Å². The van der Waals surface area contributed by atoms with Gasteiger partial charge in [-0.3, -0.25) is 14.0 Å². The molecule has 0 unspecified atom stereocenters. The van der Waals surface area contributed by atoms with E-state index in [1.807, 2.05) is 28.3 Å². The van der Waals surface area contributed by atoms with Crippen molar-refractivity contribution in [2.24, 2.45) is 0 Å². The van der Waals surface area contributed by atoms with Crippen LogP contribution in [-0.2, 0) is 6.54 Å². The molecule has 0 radical (unpaired) electrons. The van der Waals surface area contributed by atoms with Crippen molar-refractivity contribution in [1.82, 2.24) is 8.94 Å². The molecule has 0 amide bonds. The Kier molecular flexibility index (Phi) is 3.62. The summed E-state index contributed by atoms with van der Waals surface area (Å²) in [4.78, 5) is 25.3. The zero-order valence-electron chi connectivity index (χ0n) is 12.8. The number of aromatic amines is 1. The van der Waals surface area contributed by atoms with Crippen molar-refractivity contribution in [3.05, 3.63) is 55.4 Å². The molecule has 0 aliphatic heterocycles. The second-order valence-corrected chi connectivity index (χ2v) is 7.13. The molecule has 3 aromatic heterocycles. The van der Waals surface area contributed by atoms with Gasteiger partial charge in [0.25, 0.3) is 5.56 Å². The summed E-state index contributed by atoms with van der Waals surface area (Å²) >= 11 is 2.64. The second kappa shape index (κ2) is 5.68. The smallest absolute Gasteiger partial charge is 0.271 e. The molecule has 7 heteroatoms. The molecule has 4 rings (SSSR count). The van der Waals surface area contributed by atoms with Crippen molar-refractivity contribution >= 4 is 44.0 Å². The lowest BCUT2D eigenvalue weighted by atomic mass is 10.0. The number of aromatic nitrogens is 2. The molecule has 3 heterocycles. The molecule has 1 aromatic carbocycles. The van der Waals surface area contributed by atoms with Gasteiger partial charge in [-0.2, -0.15) is 11.3 Å². The summed E-state index contributed by atoms with van der Waals surface area (Å²) in [5.41, 5.74) is 1.10. The molecule has 0 fully saturated rings. The molecular formula is C17H13FN2O2S2. The predicted molar refractivity (Wildman–Crippen MR) is 97.8 cm³/mol. The first kappa shape index (κ1) is 15.3. The monoisotopic (exact) mass is 360 g/mol. The SMILES string of the molecule is CCCn1c2cc(-c3ccsc3)c(F)cc2c(=O)c2c(=O)[nH]sc21. The Balaban J connectivity index is 2.20. The molecule has 0 aliphatic carbocycles. The fourth-order valence-corrected chi connectivity index (χ4v) is 4.51. The zero-order valence-corrected chi connectivity index (χ0v) is 14.4. The second-order valence-electron chi connectivity index (χ2n) is 5.56. The van der Waals surface area contributed by atoms with Crippen LogP contribution in [0.1, 0.15) is 13.3 Å². The molecule has 0 bridgehead atoms. The summed E-state index contributed by atoms with van der Waals surface area (Å²) in [6.07, 6.45) is 0.838. The summed E-state index contributed by atoms with van der Waals surface area (Å²) < 4.78 is 19.1. The molecule has 24 heavy (non-hydrogen) atoms. The van der Waals surface area contributed by atoms with Gasteiger partial charge in [-0.05, 0) is 52.5 Å². The van der Waals surface area contributed by atoms with Crippen LogP contribution in [-0.4, -0.2) is 8.94 Å². The van der Waals surface area contributed by atoms with Gasteiger partial charge < -0.3 is 4.57 Å². The number of H-pyrrole nitrogens is 1. The quantitative estimate of drug-likeness (QED) is 0.596. The van der Waals surface area contributed by atoms with Crippen LogP contribution in [0.4, 0.5) is 4.39 Å². The van der Waals surface area contributed by atoms with Crippen LogP contribution in [0.15, 0.2) is 38.5 Å². The van der Waals surface area contributed by atoms with Crippen molar-refractivity contribution in [3.63, 3.8) is 0 Å². The van der Waals surface area contributed by atoms with E-state index >= 15 is 0 Å². The Morgan fingerprint density at radius 3 is 2.83 bits per heavy atom. The highest BCUT2D eigenvalue weighted by Crippen LogP contribution is 2.30. The van der Waals surface area contributed by atoms with Gasteiger partial charge in [0.2, 0.25) is 5.43 Å². The van der Waals surface area contributed by atoms with Gasteiger partial charge in [0.05, 0.1) is 5.52 Å². The molecule has 0 saturated carbocycles. The highest BCUT2D eigenvalue weighted by atomic mass is 32.1. The lowest BCUT2D eigenvalue weighted by Gasteiger charge is -2.13. The first-order valence-corrected chi connectivity index (χ1v) is 9.27. The van der Waals surface area contributed by atoms with E-state index in [-0.39, 0.29) is 10.8 Å².